The van der Waals surface area contributed by atoms with E-state index >= 15 is 0 Å². The van der Waals surface area contributed by atoms with Gasteiger partial charge < -0.3 is 5.32 Å². The fourth-order valence-electron chi connectivity index (χ4n) is 3.34. The smallest absolute Gasteiger partial charge is 0.0247 e. The van der Waals surface area contributed by atoms with Crippen LogP contribution in [0.1, 0.15) is 51.9 Å². The zero-order valence-corrected chi connectivity index (χ0v) is 10.3. The molecule has 1 heterocycles. The van der Waals surface area contributed by atoms with Crippen molar-refractivity contribution in [2.24, 2.45) is 0 Å². The molecule has 2 aliphatic rings. The van der Waals surface area contributed by atoms with Crippen molar-refractivity contribution in [2.45, 2.75) is 70.0 Å². The molecule has 0 aromatic heterocycles. The molecule has 0 amide bonds. The molecule has 1 N–H and O–H groups in total. The molecule has 2 rings (SSSR count). The highest BCUT2D eigenvalue weighted by atomic mass is 15.2. The summed E-state index contributed by atoms with van der Waals surface area (Å²) in [7, 11) is 2.35. The van der Waals surface area contributed by atoms with Crippen molar-refractivity contribution < 1.29 is 0 Å². The number of nitrogens with one attached hydrogen (secondary N) is 1. The van der Waals surface area contributed by atoms with Gasteiger partial charge in [0.15, 0.2) is 0 Å². The number of piperidine rings is 1. The van der Waals surface area contributed by atoms with E-state index in [0.717, 1.165) is 12.1 Å². The van der Waals surface area contributed by atoms with Crippen LogP contribution in [0.25, 0.3) is 0 Å². The lowest BCUT2D eigenvalue weighted by Crippen LogP contribution is -2.54. The summed E-state index contributed by atoms with van der Waals surface area (Å²) >= 11 is 0. The predicted octanol–water partition coefficient (Wildman–Crippen LogP) is 2.39. The Labute approximate surface area is 94.4 Å². The van der Waals surface area contributed by atoms with Gasteiger partial charge in [0.2, 0.25) is 0 Å². The largest absolute Gasteiger partial charge is 0.313 e. The molecule has 2 fully saturated rings. The maximum absolute atomic E-state index is 3.61. The molecular formula is C13H26N2. The molecule has 88 valence electrons. The second-order valence-corrected chi connectivity index (χ2v) is 5.41. The van der Waals surface area contributed by atoms with Gasteiger partial charge in [-0.2, -0.15) is 0 Å². The standard InChI is InChI=1S/C13H26N2/c1-11-13(9-6-10-14-11)15(2)12-7-4-3-5-8-12/h11-14H,3-10H2,1-2H3. The minimum absolute atomic E-state index is 0.686. The summed E-state index contributed by atoms with van der Waals surface area (Å²) in [6.45, 7) is 3.57. The number of rotatable bonds is 2. The quantitative estimate of drug-likeness (QED) is 0.753. The number of nitrogens with zero attached hydrogens (tertiary/aromatic N) is 1. The number of likely N-dealkylation sites (N-methyl/N-ethyl adjacent to an activating group) is 1. The fourth-order valence-corrected chi connectivity index (χ4v) is 3.34. The third kappa shape index (κ3) is 2.73. The van der Waals surface area contributed by atoms with Gasteiger partial charge in [0.1, 0.15) is 0 Å². The lowest BCUT2D eigenvalue weighted by molar-refractivity contribution is 0.0944. The second-order valence-electron chi connectivity index (χ2n) is 5.41. The third-order valence-corrected chi connectivity index (χ3v) is 4.39. The summed E-state index contributed by atoms with van der Waals surface area (Å²) < 4.78 is 0. The molecule has 1 aliphatic carbocycles. The van der Waals surface area contributed by atoms with Crippen molar-refractivity contribution in [3.05, 3.63) is 0 Å². The summed E-state index contributed by atoms with van der Waals surface area (Å²) in [5, 5.41) is 3.61. The molecule has 0 spiro atoms. The van der Waals surface area contributed by atoms with Crippen LogP contribution in [0.2, 0.25) is 0 Å². The molecular weight excluding hydrogens is 184 g/mol. The van der Waals surface area contributed by atoms with Crippen LogP contribution in [0.4, 0.5) is 0 Å². The Balaban J connectivity index is 1.89. The van der Waals surface area contributed by atoms with E-state index in [1.54, 1.807) is 0 Å². The first-order chi connectivity index (χ1) is 7.29. The highest BCUT2D eigenvalue weighted by molar-refractivity contribution is 4.88. The van der Waals surface area contributed by atoms with E-state index < -0.39 is 0 Å². The normalized spacial score (nSPS) is 34.6. The molecule has 2 unspecified atom stereocenters. The van der Waals surface area contributed by atoms with Crippen LogP contribution < -0.4 is 5.32 Å². The highest BCUT2D eigenvalue weighted by Gasteiger charge is 2.29. The minimum Gasteiger partial charge on any atom is -0.313 e. The van der Waals surface area contributed by atoms with Gasteiger partial charge in [-0.25, -0.2) is 0 Å². The lowest BCUT2D eigenvalue weighted by atomic mass is 9.90. The van der Waals surface area contributed by atoms with Crippen LogP contribution in [-0.2, 0) is 0 Å². The maximum Gasteiger partial charge on any atom is 0.0247 e. The monoisotopic (exact) mass is 210 g/mol. The summed E-state index contributed by atoms with van der Waals surface area (Å²) in [6, 6.07) is 2.33. The van der Waals surface area contributed by atoms with Gasteiger partial charge in [0, 0.05) is 18.1 Å². The van der Waals surface area contributed by atoms with Crippen LogP contribution >= 0.6 is 0 Å². The third-order valence-electron chi connectivity index (χ3n) is 4.39. The highest BCUT2D eigenvalue weighted by Crippen LogP contribution is 2.26. The Morgan fingerprint density at radius 1 is 1.00 bits per heavy atom. The van der Waals surface area contributed by atoms with Crippen LogP contribution in [0, 0.1) is 0 Å². The number of hydrogen-bond acceptors (Lipinski definition) is 2. The summed E-state index contributed by atoms with van der Waals surface area (Å²) in [5.74, 6) is 0. The van der Waals surface area contributed by atoms with Crippen molar-refractivity contribution >= 4 is 0 Å². The molecule has 0 aromatic carbocycles. The molecule has 1 aliphatic heterocycles. The zero-order valence-electron chi connectivity index (χ0n) is 10.3. The first kappa shape index (κ1) is 11.4. The molecule has 2 nitrogen and oxygen atoms in total. The molecule has 1 saturated carbocycles. The van der Waals surface area contributed by atoms with Gasteiger partial charge >= 0.3 is 0 Å². The molecule has 2 atom stereocenters. The van der Waals surface area contributed by atoms with Gasteiger partial charge in [0.05, 0.1) is 0 Å². The first-order valence-corrected chi connectivity index (χ1v) is 6.74. The Kier molecular flexibility index (Phi) is 4.04. The Morgan fingerprint density at radius 2 is 1.73 bits per heavy atom. The SMILES string of the molecule is CC1NCCCC1N(C)C1CCCCC1. The van der Waals surface area contributed by atoms with Gasteiger partial charge in [-0.05, 0) is 46.2 Å². The average Bonchev–Trinajstić information content (AvgIpc) is 2.30. The summed E-state index contributed by atoms with van der Waals surface area (Å²) in [6.07, 6.45) is 9.96. The Bertz CT molecular complexity index is 187. The van der Waals surface area contributed by atoms with Gasteiger partial charge in [-0.1, -0.05) is 19.3 Å². The van der Waals surface area contributed by atoms with Crippen molar-refractivity contribution in [3.63, 3.8) is 0 Å². The fraction of sp³-hybridized carbons (Fsp3) is 1.00. The van der Waals surface area contributed by atoms with Crippen LogP contribution in [0.3, 0.4) is 0 Å². The van der Waals surface area contributed by atoms with Crippen molar-refractivity contribution in [1.29, 1.82) is 0 Å². The van der Waals surface area contributed by atoms with E-state index in [-0.39, 0.29) is 0 Å². The summed E-state index contributed by atoms with van der Waals surface area (Å²) in [4.78, 5) is 2.68. The van der Waals surface area contributed by atoms with E-state index in [1.807, 2.05) is 0 Å². The van der Waals surface area contributed by atoms with Crippen LogP contribution in [0.5, 0.6) is 0 Å². The van der Waals surface area contributed by atoms with Crippen LogP contribution in [-0.4, -0.2) is 36.6 Å². The molecule has 0 aromatic rings. The van der Waals surface area contributed by atoms with Crippen molar-refractivity contribution in [1.82, 2.24) is 10.2 Å². The maximum atomic E-state index is 3.61. The van der Waals surface area contributed by atoms with E-state index in [9.17, 15) is 0 Å². The topological polar surface area (TPSA) is 15.3 Å². The van der Waals surface area contributed by atoms with Gasteiger partial charge in [-0.15, -0.1) is 0 Å². The van der Waals surface area contributed by atoms with Crippen molar-refractivity contribution in [2.75, 3.05) is 13.6 Å². The van der Waals surface area contributed by atoms with Crippen LogP contribution in [0.15, 0.2) is 0 Å². The van der Waals surface area contributed by atoms with E-state index in [4.69, 9.17) is 0 Å². The van der Waals surface area contributed by atoms with Gasteiger partial charge in [-0.3, -0.25) is 4.90 Å². The molecule has 15 heavy (non-hydrogen) atoms. The van der Waals surface area contributed by atoms with Crippen molar-refractivity contribution in [3.8, 4) is 0 Å². The molecule has 1 saturated heterocycles. The Morgan fingerprint density at radius 3 is 2.40 bits per heavy atom. The zero-order chi connectivity index (χ0) is 10.7. The molecule has 2 heteroatoms. The first-order valence-electron chi connectivity index (χ1n) is 6.74. The molecule has 0 radical (unpaired) electrons. The number of hydrogen-bond donors (Lipinski definition) is 1. The summed E-state index contributed by atoms with van der Waals surface area (Å²) in [5.41, 5.74) is 0. The Hall–Kier alpha value is -0.0800. The van der Waals surface area contributed by atoms with E-state index in [2.05, 4.69) is 24.2 Å². The lowest BCUT2D eigenvalue weighted by Gasteiger charge is -2.42. The minimum atomic E-state index is 0.686. The second kappa shape index (κ2) is 5.31. The molecule has 0 bridgehead atoms. The average molecular weight is 210 g/mol. The van der Waals surface area contributed by atoms with E-state index in [1.165, 1.54) is 51.5 Å². The van der Waals surface area contributed by atoms with Gasteiger partial charge in [0.25, 0.3) is 0 Å². The van der Waals surface area contributed by atoms with E-state index in [0.29, 0.717) is 6.04 Å². The predicted molar refractivity (Wildman–Crippen MR) is 65.1 cm³/mol.